The van der Waals surface area contributed by atoms with Gasteiger partial charge in [0.2, 0.25) is 0 Å². The number of thiocarbonyl (C=S) groups is 1. The first-order chi connectivity index (χ1) is 11.0. The molecule has 0 unspecified atom stereocenters. The van der Waals surface area contributed by atoms with Gasteiger partial charge in [-0.25, -0.2) is 0 Å². The van der Waals surface area contributed by atoms with Gasteiger partial charge in [0.1, 0.15) is 4.32 Å². The minimum Gasteiger partial charge on any atom is -0.384 e. The second-order valence-corrected chi connectivity index (χ2v) is 13.2. The Balaban J connectivity index is 5.79. The lowest BCUT2D eigenvalue weighted by molar-refractivity contribution is 0.337. The summed E-state index contributed by atoms with van der Waals surface area (Å²) in [4.78, 5) is 2.62. The fraction of sp³-hybridized carbons (Fsp3) is 0.889. The number of nitrogens with two attached hydrogens (primary N) is 1. The van der Waals surface area contributed by atoms with E-state index >= 15 is 0 Å². The molecule has 0 rings (SSSR count). The maximum Gasteiger partial charge on any atom is 0.142 e. The van der Waals surface area contributed by atoms with Gasteiger partial charge < -0.3 is 5.73 Å². The Morgan fingerprint density at radius 1 is 0.833 bits per heavy atom. The van der Waals surface area contributed by atoms with E-state index < -0.39 is 0 Å². The van der Waals surface area contributed by atoms with Crippen LogP contribution >= 0.6 is 44.3 Å². The van der Waals surface area contributed by atoms with Gasteiger partial charge in [-0.2, -0.15) is 10.5 Å². The zero-order chi connectivity index (χ0) is 18.9. The van der Waals surface area contributed by atoms with Crippen LogP contribution in [-0.2, 0) is 0 Å². The van der Waals surface area contributed by atoms with E-state index in [-0.39, 0.29) is 10.5 Å². The number of nitrogens with zero attached hydrogens (tertiary/aromatic N) is 1. The Morgan fingerprint density at radius 3 is 1.54 bits per heavy atom. The zero-order valence-corrected chi connectivity index (χ0v) is 20.1. The lowest BCUT2D eigenvalue weighted by Crippen LogP contribution is -2.36. The van der Waals surface area contributed by atoms with E-state index in [2.05, 4.69) is 60.3 Å². The topological polar surface area (TPSA) is 29.3 Å². The molecule has 0 spiro atoms. The third-order valence-corrected chi connectivity index (χ3v) is 9.58. The lowest BCUT2D eigenvalue weighted by atomic mass is 10.1. The maximum absolute atomic E-state index is 5.79. The van der Waals surface area contributed by atoms with Crippen LogP contribution in [0.5, 0.6) is 0 Å². The first-order valence-electron chi connectivity index (χ1n) is 8.96. The summed E-state index contributed by atoms with van der Waals surface area (Å²) in [5, 5.41) is 0. The van der Waals surface area contributed by atoms with Crippen LogP contribution in [0.15, 0.2) is 0 Å². The number of rotatable bonds is 8. The highest BCUT2D eigenvalue weighted by Crippen LogP contribution is 2.35. The van der Waals surface area contributed by atoms with Gasteiger partial charge in [-0.15, -0.1) is 0 Å². The van der Waals surface area contributed by atoms with E-state index in [4.69, 9.17) is 18.0 Å². The van der Waals surface area contributed by atoms with Gasteiger partial charge in [0, 0.05) is 13.1 Å². The van der Waals surface area contributed by atoms with Gasteiger partial charge in [0.25, 0.3) is 0 Å². The van der Waals surface area contributed by atoms with Crippen molar-refractivity contribution < 1.29 is 0 Å². The molecular weight excluding hydrogens is 372 g/mol. The van der Waals surface area contributed by atoms with Crippen molar-refractivity contribution in [2.75, 3.05) is 24.6 Å². The lowest BCUT2D eigenvalue weighted by Gasteiger charge is -2.31. The summed E-state index contributed by atoms with van der Waals surface area (Å²) in [5.74, 6) is 5.22. The Bertz CT molecular complexity index is 382. The number of hydrogen-bond donors (Lipinski definition) is 1. The van der Waals surface area contributed by atoms with Crippen LogP contribution in [-0.4, -0.2) is 38.1 Å². The van der Waals surface area contributed by atoms with Crippen LogP contribution in [0.4, 0.5) is 0 Å². The Hall–Kier alpha value is 0.770. The van der Waals surface area contributed by atoms with Crippen molar-refractivity contribution in [3.8, 4) is 0 Å². The maximum atomic E-state index is 5.79. The molecule has 6 heteroatoms. The molecule has 0 saturated heterocycles. The minimum atomic E-state index is 0.268. The standard InChI is InChI=1S/C18H38N2S4/c1-13(2)9-20(10-14(3)4)18(23-22-17(19)21)24(11-15(5)6)12-16(7)8/h13-16H,9-12H2,1-8H3,(H2,19,21). The highest BCUT2D eigenvalue weighted by molar-refractivity contribution is 8.90. The van der Waals surface area contributed by atoms with Crippen LogP contribution in [0.25, 0.3) is 0 Å². The van der Waals surface area contributed by atoms with Crippen molar-refractivity contribution in [3.63, 3.8) is 0 Å². The van der Waals surface area contributed by atoms with Crippen molar-refractivity contribution in [1.82, 2.24) is 4.90 Å². The van der Waals surface area contributed by atoms with E-state index in [1.165, 1.54) is 15.8 Å². The highest BCUT2D eigenvalue weighted by Gasteiger charge is 2.20. The van der Waals surface area contributed by atoms with E-state index in [1.807, 2.05) is 10.8 Å². The summed E-state index contributed by atoms with van der Waals surface area (Å²) in [6.45, 7) is 20.8. The smallest absolute Gasteiger partial charge is 0.142 e. The van der Waals surface area contributed by atoms with Crippen LogP contribution < -0.4 is 5.73 Å². The van der Waals surface area contributed by atoms with E-state index in [1.54, 1.807) is 10.8 Å². The second kappa shape index (κ2) is 13.0. The van der Waals surface area contributed by atoms with Gasteiger partial charge in [-0.3, -0.25) is 4.90 Å². The predicted molar refractivity (Wildman–Crippen MR) is 125 cm³/mol. The molecule has 0 aliphatic heterocycles. The average Bonchev–Trinajstić information content (AvgIpc) is 2.34. The molecule has 0 fully saturated rings. The van der Waals surface area contributed by atoms with Gasteiger partial charge >= 0.3 is 0 Å². The van der Waals surface area contributed by atoms with E-state index in [0.717, 1.165) is 13.1 Å². The molecular formula is C18H38N2S4. The third kappa shape index (κ3) is 12.2. The molecule has 0 bridgehead atoms. The fourth-order valence-electron chi connectivity index (χ4n) is 2.48. The zero-order valence-electron chi connectivity index (χ0n) is 16.8. The minimum absolute atomic E-state index is 0.268. The summed E-state index contributed by atoms with van der Waals surface area (Å²) in [5.41, 5.74) is 5.79. The van der Waals surface area contributed by atoms with Crippen molar-refractivity contribution in [2.45, 2.75) is 55.4 Å². The SMILES string of the molecule is CC(C)CN(CC(C)C)C(SSC(N)=S)=S(CC(C)C)CC(C)C. The first-order valence-corrected chi connectivity index (χ1v) is 13.1. The van der Waals surface area contributed by atoms with Crippen LogP contribution in [0.1, 0.15) is 55.4 Å². The molecule has 2 N–H and O–H groups in total. The quantitative estimate of drug-likeness (QED) is 0.398. The summed E-state index contributed by atoms with van der Waals surface area (Å²) >= 11 is 5.13. The van der Waals surface area contributed by atoms with Gasteiger partial charge in [0.05, 0.1) is 4.32 Å². The van der Waals surface area contributed by atoms with Crippen molar-refractivity contribution in [1.29, 1.82) is 0 Å². The molecule has 2 nitrogen and oxygen atoms in total. The summed E-state index contributed by atoms with van der Waals surface area (Å²) in [6.07, 6.45) is 0. The number of hydrogen-bond acceptors (Lipinski definition) is 3. The third-order valence-electron chi connectivity index (χ3n) is 2.94. The molecule has 0 aromatic rings. The average molecular weight is 411 g/mol. The summed E-state index contributed by atoms with van der Waals surface area (Å²) in [7, 11) is 3.65. The molecule has 24 heavy (non-hydrogen) atoms. The van der Waals surface area contributed by atoms with Crippen LogP contribution in [0.3, 0.4) is 0 Å². The molecule has 0 aromatic heterocycles. The van der Waals surface area contributed by atoms with Crippen molar-refractivity contribution >= 4 is 52.9 Å². The van der Waals surface area contributed by atoms with Crippen molar-refractivity contribution in [2.24, 2.45) is 29.4 Å². The molecule has 0 aliphatic carbocycles. The molecule has 144 valence electrons. The molecule has 0 radical (unpaired) electrons. The molecule has 0 aliphatic rings. The first kappa shape index (κ1) is 24.8. The fourth-order valence-corrected chi connectivity index (χ4v) is 8.48. The molecule has 0 saturated carbocycles. The van der Waals surface area contributed by atoms with E-state index in [0.29, 0.717) is 28.0 Å². The monoisotopic (exact) mass is 410 g/mol. The largest absolute Gasteiger partial charge is 0.384 e. The normalized spacial score (nSPS) is 12.4. The van der Waals surface area contributed by atoms with E-state index in [9.17, 15) is 0 Å². The molecule has 0 aromatic carbocycles. The van der Waals surface area contributed by atoms with Crippen LogP contribution in [0.2, 0.25) is 0 Å². The second-order valence-electron chi connectivity index (χ2n) is 8.06. The molecule has 0 atom stereocenters. The van der Waals surface area contributed by atoms with Crippen LogP contribution in [0, 0.1) is 23.7 Å². The predicted octanol–water partition coefficient (Wildman–Crippen LogP) is 5.89. The Morgan fingerprint density at radius 2 is 1.25 bits per heavy atom. The van der Waals surface area contributed by atoms with Gasteiger partial charge in [-0.05, 0) is 56.8 Å². The molecule has 0 amide bonds. The molecule has 0 heterocycles. The highest BCUT2D eigenvalue weighted by atomic mass is 33.1. The van der Waals surface area contributed by atoms with Gasteiger partial charge in [-0.1, -0.05) is 67.6 Å². The summed E-state index contributed by atoms with van der Waals surface area (Å²) in [6, 6.07) is 0. The van der Waals surface area contributed by atoms with Crippen molar-refractivity contribution in [3.05, 3.63) is 0 Å². The summed E-state index contributed by atoms with van der Waals surface area (Å²) < 4.78 is 2.04. The Kier molecular flexibility index (Phi) is 13.4. The van der Waals surface area contributed by atoms with Gasteiger partial charge in [0.15, 0.2) is 0 Å². The Labute approximate surface area is 166 Å².